The highest BCUT2D eigenvalue weighted by molar-refractivity contribution is 6.28. The lowest BCUT2D eigenvalue weighted by molar-refractivity contribution is 0.623. The van der Waals surface area contributed by atoms with E-state index in [0.29, 0.717) is 13.0 Å². The summed E-state index contributed by atoms with van der Waals surface area (Å²) in [5.41, 5.74) is 14.0. The van der Waals surface area contributed by atoms with Crippen molar-refractivity contribution >= 4 is 60.8 Å². The van der Waals surface area contributed by atoms with Crippen molar-refractivity contribution in [3.8, 4) is 22.3 Å². The number of hydrogen-bond donors (Lipinski definition) is 0. The molecule has 0 aliphatic carbocycles. The summed E-state index contributed by atoms with van der Waals surface area (Å²) in [6.45, 7) is 0.517. The van der Waals surface area contributed by atoms with Crippen LogP contribution in [0.2, 0.25) is 0 Å². The van der Waals surface area contributed by atoms with Crippen LogP contribution in [-0.4, -0.2) is 0 Å². The molecule has 0 aliphatic heterocycles. The quantitative estimate of drug-likeness (QED) is 0.0945. The standard InChI is InChI=1S/C69H52F2N2/c70-56-43-54(29-19-24-48-20-7-1-8-21-48)64(62(45-56)50-25-11-3-12-26-50)47-72(58-30-15-5-16-31-58)65-40-36-52-35-39-61-66(41-37-53-34-38-60(65)67(52)68(53)61)73(59-32-17-6-18-33-59)69-55(42-49-22-9-2-10-23-49)44-57(71)46-63(69)51-27-13-4-14-28-51/h1-18,20-23,25-28,30-41,43-46H,19,24,29,42,47H2. The number of para-hydroxylation sites is 2. The van der Waals surface area contributed by atoms with Gasteiger partial charge in [-0.05, 0) is 152 Å². The van der Waals surface area contributed by atoms with Gasteiger partial charge in [0, 0.05) is 39.9 Å². The number of halogens is 2. The zero-order valence-electron chi connectivity index (χ0n) is 40.4. The van der Waals surface area contributed by atoms with Crippen LogP contribution in [0.1, 0.15) is 34.2 Å². The maximum absolute atomic E-state index is 16.2. The summed E-state index contributed by atoms with van der Waals surface area (Å²) in [6.07, 6.45) is 3.06. The van der Waals surface area contributed by atoms with E-state index in [1.807, 2.05) is 66.7 Å². The number of benzene rings is 12. The van der Waals surface area contributed by atoms with Crippen molar-refractivity contribution in [2.24, 2.45) is 0 Å². The molecule has 0 aliphatic rings. The molecule has 0 atom stereocenters. The minimum Gasteiger partial charge on any atom is -0.336 e. The van der Waals surface area contributed by atoms with Gasteiger partial charge in [-0.1, -0.05) is 194 Å². The van der Waals surface area contributed by atoms with Crippen LogP contribution in [-0.2, 0) is 25.8 Å². The van der Waals surface area contributed by atoms with Crippen LogP contribution >= 0.6 is 0 Å². The molecule has 0 N–H and O–H groups in total. The molecule has 0 heterocycles. The molecule has 4 heteroatoms. The molecule has 352 valence electrons. The third kappa shape index (κ3) is 9.09. The molecule has 0 radical (unpaired) electrons. The van der Waals surface area contributed by atoms with Crippen LogP contribution in [0.5, 0.6) is 0 Å². The van der Waals surface area contributed by atoms with Gasteiger partial charge in [-0.2, -0.15) is 0 Å². The van der Waals surface area contributed by atoms with Gasteiger partial charge in [-0.3, -0.25) is 0 Å². The number of nitrogens with zero attached hydrogens (tertiary/aromatic N) is 2. The monoisotopic (exact) mass is 946 g/mol. The van der Waals surface area contributed by atoms with Gasteiger partial charge in [0.25, 0.3) is 0 Å². The Morgan fingerprint density at radius 2 is 0.836 bits per heavy atom. The van der Waals surface area contributed by atoms with E-state index in [1.165, 1.54) is 10.9 Å². The molecule has 12 aromatic carbocycles. The van der Waals surface area contributed by atoms with E-state index in [4.69, 9.17) is 0 Å². The minimum atomic E-state index is -0.275. The zero-order chi connectivity index (χ0) is 49.1. The van der Waals surface area contributed by atoms with Gasteiger partial charge in [0.2, 0.25) is 0 Å². The van der Waals surface area contributed by atoms with Crippen molar-refractivity contribution in [3.63, 3.8) is 0 Å². The van der Waals surface area contributed by atoms with Crippen molar-refractivity contribution < 1.29 is 8.78 Å². The summed E-state index contributed by atoms with van der Waals surface area (Å²) >= 11 is 0. The minimum absolute atomic E-state index is 0.227. The van der Waals surface area contributed by atoms with Crippen LogP contribution < -0.4 is 9.80 Å². The molecule has 0 amide bonds. The normalized spacial score (nSPS) is 11.4. The summed E-state index contributed by atoms with van der Waals surface area (Å²) in [5, 5.41) is 6.80. The Labute approximate surface area is 426 Å². The van der Waals surface area contributed by atoms with Gasteiger partial charge in [-0.15, -0.1) is 0 Å². The molecule has 0 bridgehead atoms. The first-order chi connectivity index (χ1) is 36.0. The molecule has 0 saturated carbocycles. The summed E-state index contributed by atoms with van der Waals surface area (Å²) in [5.74, 6) is -0.501. The summed E-state index contributed by atoms with van der Waals surface area (Å²) in [7, 11) is 0. The predicted molar refractivity (Wildman–Crippen MR) is 302 cm³/mol. The lowest BCUT2D eigenvalue weighted by atomic mass is 9.90. The Morgan fingerprint density at radius 3 is 1.44 bits per heavy atom. The van der Waals surface area contributed by atoms with Crippen molar-refractivity contribution in [3.05, 3.63) is 294 Å². The van der Waals surface area contributed by atoms with Crippen molar-refractivity contribution in [2.75, 3.05) is 9.80 Å². The lowest BCUT2D eigenvalue weighted by Crippen LogP contribution is -2.19. The highest BCUT2D eigenvalue weighted by Gasteiger charge is 2.26. The van der Waals surface area contributed by atoms with E-state index in [0.717, 1.165) is 119 Å². The maximum Gasteiger partial charge on any atom is 0.124 e. The molecular weight excluding hydrogens is 895 g/mol. The smallest absolute Gasteiger partial charge is 0.124 e. The first-order valence-corrected chi connectivity index (χ1v) is 25.2. The molecule has 0 saturated heterocycles. The molecule has 0 aromatic heterocycles. The van der Waals surface area contributed by atoms with E-state index >= 15 is 8.78 Å². The van der Waals surface area contributed by atoms with Gasteiger partial charge < -0.3 is 9.80 Å². The van der Waals surface area contributed by atoms with Gasteiger partial charge in [0.1, 0.15) is 11.6 Å². The predicted octanol–water partition coefficient (Wildman–Crippen LogP) is 18.8. The van der Waals surface area contributed by atoms with Crippen LogP contribution in [0.25, 0.3) is 54.6 Å². The van der Waals surface area contributed by atoms with Gasteiger partial charge >= 0.3 is 0 Å². The molecule has 0 fully saturated rings. The lowest BCUT2D eigenvalue weighted by Gasteiger charge is -2.32. The van der Waals surface area contributed by atoms with Gasteiger partial charge in [-0.25, -0.2) is 8.78 Å². The Kier molecular flexibility index (Phi) is 12.5. The third-order valence-electron chi connectivity index (χ3n) is 14.4. The second kappa shape index (κ2) is 20.1. The van der Waals surface area contributed by atoms with Crippen LogP contribution in [0.15, 0.2) is 255 Å². The van der Waals surface area contributed by atoms with Crippen molar-refractivity contribution in [2.45, 2.75) is 32.2 Å². The first kappa shape index (κ1) is 45.3. The van der Waals surface area contributed by atoms with E-state index in [2.05, 4.69) is 174 Å². The number of aryl methyl sites for hydroxylation is 2. The maximum atomic E-state index is 16.2. The van der Waals surface area contributed by atoms with Crippen molar-refractivity contribution in [1.29, 1.82) is 0 Å². The van der Waals surface area contributed by atoms with Gasteiger partial charge in [0.15, 0.2) is 0 Å². The topological polar surface area (TPSA) is 6.48 Å². The number of anilines is 5. The molecule has 73 heavy (non-hydrogen) atoms. The Morgan fingerprint density at radius 1 is 0.370 bits per heavy atom. The summed E-state index contributed by atoms with van der Waals surface area (Å²) < 4.78 is 32.2. The number of hydrogen-bond acceptors (Lipinski definition) is 2. The number of rotatable bonds is 15. The molecule has 2 nitrogen and oxygen atoms in total. The van der Waals surface area contributed by atoms with E-state index < -0.39 is 0 Å². The SMILES string of the molecule is Fc1cc(CCCc2ccccc2)c(CN(c2ccccc2)c2ccc3ccc4c(N(c5ccccc5)c5c(Cc6ccccc6)cc(F)cc5-c5ccccc5)ccc5ccc2c3c54)c(-c2ccccc2)c1. The molecular formula is C69H52F2N2. The van der Waals surface area contributed by atoms with Crippen LogP contribution in [0.3, 0.4) is 0 Å². The second-order valence-corrected chi connectivity index (χ2v) is 19.0. The zero-order valence-corrected chi connectivity index (χ0v) is 40.4. The van der Waals surface area contributed by atoms with Gasteiger partial charge in [0.05, 0.1) is 11.4 Å². The highest BCUT2D eigenvalue weighted by atomic mass is 19.1. The molecule has 12 rings (SSSR count). The average Bonchev–Trinajstić information content (AvgIpc) is 3.44. The fourth-order valence-corrected chi connectivity index (χ4v) is 11.1. The van der Waals surface area contributed by atoms with E-state index in [1.54, 1.807) is 24.3 Å². The fourth-order valence-electron chi connectivity index (χ4n) is 11.1. The Bertz CT molecular complexity index is 3830. The third-order valence-corrected chi connectivity index (χ3v) is 14.4. The fraction of sp³-hybridized carbons (Fsp3) is 0.0725. The van der Waals surface area contributed by atoms with E-state index in [-0.39, 0.29) is 11.6 Å². The van der Waals surface area contributed by atoms with Crippen LogP contribution in [0, 0.1) is 11.6 Å². The Balaban J connectivity index is 1.06. The summed E-state index contributed by atoms with van der Waals surface area (Å²) in [6, 6.07) is 87.3. The highest BCUT2D eigenvalue weighted by Crippen LogP contribution is 2.50. The second-order valence-electron chi connectivity index (χ2n) is 19.0. The molecule has 12 aromatic rings. The van der Waals surface area contributed by atoms with E-state index in [9.17, 15) is 0 Å². The van der Waals surface area contributed by atoms with Crippen molar-refractivity contribution in [1.82, 2.24) is 0 Å². The molecule has 0 unspecified atom stereocenters. The summed E-state index contributed by atoms with van der Waals surface area (Å²) in [4.78, 5) is 4.77. The first-order valence-electron chi connectivity index (χ1n) is 25.2. The Hall–Kier alpha value is -8.86. The van der Waals surface area contributed by atoms with Crippen LogP contribution in [0.4, 0.5) is 37.2 Å². The largest absolute Gasteiger partial charge is 0.336 e. The average molecular weight is 947 g/mol. The molecule has 0 spiro atoms.